The van der Waals surface area contributed by atoms with Crippen LogP contribution in [-0.2, 0) is 0 Å². The van der Waals surface area contributed by atoms with Crippen molar-refractivity contribution in [3.8, 4) is 0 Å². The molecule has 6 heteroatoms. The van der Waals surface area contributed by atoms with Gasteiger partial charge in [0.15, 0.2) is 0 Å². The van der Waals surface area contributed by atoms with Crippen molar-refractivity contribution in [3.63, 3.8) is 0 Å². The van der Waals surface area contributed by atoms with Gasteiger partial charge < -0.3 is 20.0 Å². The molecule has 2 saturated heterocycles. The maximum Gasteiger partial charge on any atom is 0.317 e. The second-order valence-electron chi connectivity index (χ2n) is 7.04. The molecule has 2 amide bonds. The monoisotopic (exact) mass is 342 g/mol. The topological polar surface area (TPSA) is 38.8 Å². The Bertz CT molecular complexity index is 374. The molecule has 3 atom stereocenters. The SMILES string of the molecule is CCN1CCN(CC(C)CNC(=O)N2CCSC(C)C2C)CC1. The van der Waals surface area contributed by atoms with Crippen molar-refractivity contribution in [1.29, 1.82) is 0 Å². The Kier molecular flexibility index (Phi) is 7.50. The summed E-state index contributed by atoms with van der Waals surface area (Å²) in [5.74, 6) is 1.55. The molecule has 2 aliphatic rings. The van der Waals surface area contributed by atoms with Crippen molar-refractivity contribution < 1.29 is 4.79 Å². The van der Waals surface area contributed by atoms with E-state index in [1.807, 2.05) is 16.7 Å². The molecule has 23 heavy (non-hydrogen) atoms. The lowest BCUT2D eigenvalue weighted by molar-refractivity contribution is 0.123. The van der Waals surface area contributed by atoms with Gasteiger partial charge in [-0.25, -0.2) is 4.79 Å². The number of rotatable bonds is 5. The zero-order valence-corrected chi connectivity index (χ0v) is 16.1. The Morgan fingerprint density at radius 3 is 2.48 bits per heavy atom. The van der Waals surface area contributed by atoms with E-state index in [-0.39, 0.29) is 6.03 Å². The van der Waals surface area contributed by atoms with Crippen LogP contribution in [0.4, 0.5) is 4.79 Å². The lowest BCUT2D eigenvalue weighted by atomic mass is 10.1. The van der Waals surface area contributed by atoms with Gasteiger partial charge in [0.25, 0.3) is 0 Å². The largest absolute Gasteiger partial charge is 0.338 e. The van der Waals surface area contributed by atoms with Crippen molar-refractivity contribution in [3.05, 3.63) is 0 Å². The normalized spacial score (nSPS) is 28.6. The molecule has 2 rings (SSSR count). The first-order chi connectivity index (χ1) is 11.0. The first-order valence-electron chi connectivity index (χ1n) is 9.12. The Hall–Kier alpha value is -0.460. The van der Waals surface area contributed by atoms with Crippen LogP contribution in [0, 0.1) is 5.92 Å². The van der Waals surface area contributed by atoms with E-state index in [0.717, 1.165) is 45.0 Å². The van der Waals surface area contributed by atoms with E-state index in [1.165, 1.54) is 13.1 Å². The summed E-state index contributed by atoms with van der Waals surface area (Å²) in [4.78, 5) is 19.5. The zero-order valence-electron chi connectivity index (χ0n) is 15.3. The number of hydrogen-bond donors (Lipinski definition) is 1. The fourth-order valence-corrected chi connectivity index (χ4v) is 4.48. The van der Waals surface area contributed by atoms with Crippen molar-refractivity contribution in [2.75, 3.05) is 58.1 Å². The van der Waals surface area contributed by atoms with Crippen molar-refractivity contribution in [2.24, 2.45) is 5.92 Å². The lowest BCUT2D eigenvalue weighted by Crippen LogP contribution is -2.53. The number of nitrogens with one attached hydrogen (secondary N) is 1. The van der Waals surface area contributed by atoms with Gasteiger partial charge in [0.2, 0.25) is 0 Å². The molecule has 0 aromatic rings. The van der Waals surface area contributed by atoms with E-state index in [1.54, 1.807) is 0 Å². The van der Waals surface area contributed by atoms with E-state index in [9.17, 15) is 4.79 Å². The summed E-state index contributed by atoms with van der Waals surface area (Å²) < 4.78 is 0. The lowest BCUT2D eigenvalue weighted by Gasteiger charge is -2.38. The Morgan fingerprint density at radius 1 is 1.17 bits per heavy atom. The molecular weight excluding hydrogens is 308 g/mol. The molecule has 2 heterocycles. The summed E-state index contributed by atoms with van der Waals surface area (Å²) in [6.07, 6.45) is 0. The maximum absolute atomic E-state index is 12.4. The van der Waals surface area contributed by atoms with Crippen LogP contribution in [0.5, 0.6) is 0 Å². The molecule has 0 aliphatic carbocycles. The van der Waals surface area contributed by atoms with Crippen molar-refractivity contribution in [2.45, 2.75) is 39.0 Å². The third kappa shape index (κ3) is 5.54. The maximum atomic E-state index is 12.4. The quantitative estimate of drug-likeness (QED) is 0.827. The van der Waals surface area contributed by atoms with Crippen LogP contribution in [0.1, 0.15) is 27.7 Å². The molecule has 2 fully saturated rings. The smallest absolute Gasteiger partial charge is 0.317 e. The van der Waals surface area contributed by atoms with Gasteiger partial charge in [-0.15, -0.1) is 0 Å². The predicted molar refractivity (Wildman–Crippen MR) is 99.2 cm³/mol. The van der Waals surface area contributed by atoms with E-state index in [0.29, 0.717) is 17.2 Å². The van der Waals surface area contributed by atoms with Crippen LogP contribution in [0.15, 0.2) is 0 Å². The van der Waals surface area contributed by atoms with Crippen molar-refractivity contribution >= 4 is 17.8 Å². The molecule has 0 radical (unpaired) electrons. The summed E-state index contributed by atoms with van der Waals surface area (Å²) >= 11 is 1.96. The van der Waals surface area contributed by atoms with Gasteiger partial charge in [0.05, 0.1) is 0 Å². The van der Waals surface area contributed by atoms with Gasteiger partial charge >= 0.3 is 6.03 Å². The number of thioether (sulfide) groups is 1. The van der Waals surface area contributed by atoms with Crippen LogP contribution in [0.2, 0.25) is 0 Å². The molecule has 0 saturated carbocycles. The fraction of sp³-hybridized carbons (Fsp3) is 0.941. The highest BCUT2D eigenvalue weighted by Gasteiger charge is 2.29. The second kappa shape index (κ2) is 9.14. The molecule has 5 nitrogen and oxygen atoms in total. The van der Waals surface area contributed by atoms with E-state index < -0.39 is 0 Å². The van der Waals surface area contributed by atoms with Crippen LogP contribution in [0.25, 0.3) is 0 Å². The van der Waals surface area contributed by atoms with Gasteiger partial charge in [0, 0.05) is 62.9 Å². The Morgan fingerprint density at radius 2 is 1.83 bits per heavy atom. The molecule has 134 valence electrons. The summed E-state index contributed by atoms with van der Waals surface area (Å²) in [5, 5.41) is 3.68. The molecule has 0 aromatic carbocycles. The number of hydrogen-bond acceptors (Lipinski definition) is 4. The molecule has 1 N–H and O–H groups in total. The number of amides is 2. The molecule has 2 aliphatic heterocycles. The highest BCUT2D eigenvalue weighted by molar-refractivity contribution is 8.00. The summed E-state index contributed by atoms with van der Waals surface area (Å²) in [6.45, 7) is 17.4. The molecule has 0 aromatic heterocycles. The summed E-state index contributed by atoms with van der Waals surface area (Å²) in [7, 11) is 0. The minimum Gasteiger partial charge on any atom is -0.338 e. The second-order valence-corrected chi connectivity index (χ2v) is 8.52. The minimum atomic E-state index is 0.118. The van der Waals surface area contributed by atoms with Crippen molar-refractivity contribution in [1.82, 2.24) is 20.0 Å². The van der Waals surface area contributed by atoms with Gasteiger partial charge in [0.1, 0.15) is 0 Å². The Balaban J connectivity index is 1.67. The zero-order chi connectivity index (χ0) is 16.8. The van der Waals surface area contributed by atoms with Crippen LogP contribution < -0.4 is 5.32 Å². The molecule has 0 bridgehead atoms. The number of likely N-dealkylation sites (N-methyl/N-ethyl adjacent to an activating group) is 1. The molecular formula is C17H34N4OS. The predicted octanol–water partition coefficient (Wildman–Crippen LogP) is 1.80. The average Bonchev–Trinajstić information content (AvgIpc) is 2.56. The molecule has 0 spiro atoms. The van der Waals surface area contributed by atoms with Crippen LogP contribution >= 0.6 is 11.8 Å². The standard InChI is InChI=1S/C17H34N4OS/c1-5-19-6-8-20(9-7-19)13-14(2)12-18-17(22)21-10-11-23-16(4)15(21)3/h14-16H,5-13H2,1-4H3,(H,18,22). The number of nitrogens with zero attached hydrogens (tertiary/aromatic N) is 3. The van der Waals surface area contributed by atoms with E-state index >= 15 is 0 Å². The van der Waals surface area contributed by atoms with Crippen LogP contribution in [0.3, 0.4) is 0 Å². The number of carbonyl (C=O) groups excluding carboxylic acids is 1. The van der Waals surface area contributed by atoms with E-state index in [4.69, 9.17) is 0 Å². The summed E-state index contributed by atoms with van der Waals surface area (Å²) in [5.41, 5.74) is 0. The first-order valence-corrected chi connectivity index (χ1v) is 10.2. The highest BCUT2D eigenvalue weighted by atomic mass is 32.2. The highest BCUT2D eigenvalue weighted by Crippen LogP contribution is 2.24. The van der Waals surface area contributed by atoms with Gasteiger partial charge in [-0.1, -0.05) is 20.8 Å². The number of piperazine rings is 1. The fourth-order valence-electron chi connectivity index (χ4n) is 3.38. The molecule has 3 unspecified atom stereocenters. The van der Waals surface area contributed by atoms with Crippen LogP contribution in [-0.4, -0.2) is 90.1 Å². The minimum absolute atomic E-state index is 0.118. The van der Waals surface area contributed by atoms with Gasteiger partial charge in [-0.3, -0.25) is 0 Å². The average molecular weight is 343 g/mol. The number of urea groups is 1. The van der Waals surface area contributed by atoms with Gasteiger partial charge in [-0.05, 0) is 19.4 Å². The Labute approximate surface area is 146 Å². The summed E-state index contributed by atoms with van der Waals surface area (Å²) in [6, 6.07) is 0.443. The van der Waals surface area contributed by atoms with E-state index in [2.05, 4.69) is 42.8 Å². The number of carbonyl (C=O) groups is 1. The third-order valence-electron chi connectivity index (χ3n) is 5.23. The third-order valence-corrected chi connectivity index (χ3v) is 6.57. The first kappa shape index (κ1) is 18.9. The van der Waals surface area contributed by atoms with Gasteiger partial charge in [-0.2, -0.15) is 11.8 Å².